The molecule has 0 saturated heterocycles. The van der Waals surface area contributed by atoms with Crippen molar-refractivity contribution >= 4 is 6.21 Å². The van der Waals surface area contributed by atoms with Crippen LogP contribution < -0.4 is 0 Å². The van der Waals surface area contributed by atoms with Crippen LogP contribution in [0.1, 0.15) is 13.3 Å². The lowest BCUT2D eigenvalue weighted by Gasteiger charge is -1.84. The van der Waals surface area contributed by atoms with Crippen LogP contribution in [-0.2, 0) is 0 Å². The van der Waals surface area contributed by atoms with Gasteiger partial charge in [-0.15, -0.1) is 0 Å². The molecule has 0 aromatic rings. The largest absolute Gasteiger partial charge is 0.258 e. The second-order valence-electron chi connectivity index (χ2n) is 2.20. The lowest BCUT2D eigenvalue weighted by molar-refractivity contribution is 1.22. The van der Waals surface area contributed by atoms with Crippen molar-refractivity contribution in [2.75, 3.05) is 0 Å². The summed E-state index contributed by atoms with van der Waals surface area (Å²) in [5, 5.41) is 0. The van der Waals surface area contributed by atoms with Gasteiger partial charge in [-0.3, -0.25) is 4.99 Å². The molecule has 0 aromatic heterocycles. The fourth-order valence-corrected chi connectivity index (χ4v) is 0.573. The van der Waals surface area contributed by atoms with E-state index in [4.69, 9.17) is 0 Å². The first kappa shape index (κ1) is 10.6. The molecule has 0 N–H and O–H groups in total. The molecule has 0 heterocycles. The van der Waals surface area contributed by atoms with E-state index in [2.05, 4.69) is 31.2 Å². The van der Waals surface area contributed by atoms with Crippen LogP contribution in [0.25, 0.3) is 0 Å². The minimum absolute atomic E-state index is 0.732. The Kier molecular flexibility index (Phi) is 6.85. The highest BCUT2D eigenvalue weighted by molar-refractivity contribution is 5.71. The van der Waals surface area contributed by atoms with Crippen molar-refractivity contribution in [3.8, 4) is 0 Å². The Hall–Kier alpha value is -1.37. The van der Waals surface area contributed by atoms with E-state index in [9.17, 15) is 0 Å². The van der Waals surface area contributed by atoms with Crippen LogP contribution in [0.5, 0.6) is 0 Å². The van der Waals surface area contributed by atoms with Gasteiger partial charge < -0.3 is 0 Å². The zero-order chi connectivity index (χ0) is 9.23. The van der Waals surface area contributed by atoms with Crippen molar-refractivity contribution in [1.82, 2.24) is 0 Å². The first-order chi connectivity index (χ1) is 5.81. The third-order valence-electron chi connectivity index (χ3n) is 1.12. The molecular formula is C11H15N. The molecule has 0 aromatic carbocycles. The molecule has 0 amide bonds. The van der Waals surface area contributed by atoms with Gasteiger partial charge in [0.05, 0.1) is 5.70 Å². The summed E-state index contributed by atoms with van der Waals surface area (Å²) in [4.78, 5) is 3.98. The van der Waals surface area contributed by atoms with E-state index < -0.39 is 0 Å². The Morgan fingerprint density at radius 3 is 2.75 bits per heavy atom. The Balaban J connectivity index is 3.83. The van der Waals surface area contributed by atoms with Gasteiger partial charge in [0.25, 0.3) is 0 Å². The van der Waals surface area contributed by atoms with Crippen molar-refractivity contribution in [2.24, 2.45) is 4.99 Å². The predicted octanol–water partition coefficient (Wildman–Crippen LogP) is 3.28. The van der Waals surface area contributed by atoms with Gasteiger partial charge in [-0.2, -0.15) is 0 Å². The van der Waals surface area contributed by atoms with Gasteiger partial charge in [0, 0.05) is 6.21 Å². The molecular weight excluding hydrogens is 146 g/mol. The number of allylic oxidation sites excluding steroid dienone is 5. The molecule has 0 saturated carbocycles. The van der Waals surface area contributed by atoms with Crippen molar-refractivity contribution in [3.63, 3.8) is 0 Å². The molecule has 0 aliphatic heterocycles. The van der Waals surface area contributed by atoms with Crippen LogP contribution in [-0.4, -0.2) is 6.21 Å². The Bertz CT molecular complexity index is 219. The highest BCUT2D eigenvalue weighted by atomic mass is 14.7. The van der Waals surface area contributed by atoms with Crippen LogP contribution in [0, 0.1) is 0 Å². The van der Waals surface area contributed by atoms with E-state index in [0.717, 1.165) is 12.1 Å². The van der Waals surface area contributed by atoms with Gasteiger partial charge >= 0.3 is 0 Å². The third-order valence-corrected chi connectivity index (χ3v) is 1.12. The molecule has 0 fully saturated rings. The highest BCUT2D eigenvalue weighted by Gasteiger charge is 1.75. The lowest BCUT2D eigenvalue weighted by Crippen LogP contribution is -1.68. The summed E-state index contributed by atoms with van der Waals surface area (Å²) < 4.78 is 0. The van der Waals surface area contributed by atoms with Crippen LogP contribution in [0.3, 0.4) is 0 Å². The van der Waals surface area contributed by atoms with Crippen molar-refractivity contribution in [3.05, 3.63) is 49.2 Å². The Morgan fingerprint density at radius 1 is 1.42 bits per heavy atom. The van der Waals surface area contributed by atoms with Gasteiger partial charge in [0.2, 0.25) is 0 Å². The molecule has 0 bridgehead atoms. The maximum atomic E-state index is 3.98. The number of nitrogens with zero attached hydrogens (tertiary/aromatic N) is 1. The first-order valence-corrected chi connectivity index (χ1v) is 3.98. The van der Waals surface area contributed by atoms with E-state index in [1.54, 1.807) is 12.3 Å². The zero-order valence-electron chi connectivity index (χ0n) is 7.53. The standard InChI is InChI=1S/C11H15N/c1-4-6-7-8-9-11(3)12-10-5-2/h5-10H,2-4H2,1H3/b7-6-,9-8-,12-10-. The molecule has 0 spiro atoms. The lowest BCUT2D eigenvalue weighted by atomic mass is 10.3. The summed E-state index contributed by atoms with van der Waals surface area (Å²) >= 11 is 0. The fourth-order valence-electron chi connectivity index (χ4n) is 0.573. The Morgan fingerprint density at radius 2 is 2.17 bits per heavy atom. The number of hydrogen-bond acceptors (Lipinski definition) is 1. The average molecular weight is 161 g/mol. The zero-order valence-corrected chi connectivity index (χ0v) is 7.53. The molecule has 0 aliphatic rings. The Labute approximate surface area is 74.5 Å². The summed E-state index contributed by atoms with van der Waals surface area (Å²) in [6.45, 7) is 9.33. The van der Waals surface area contributed by atoms with Crippen molar-refractivity contribution in [1.29, 1.82) is 0 Å². The second-order valence-corrected chi connectivity index (χ2v) is 2.20. The van der Waals surface area contributed by atoms with Gasteiger partial charge in [-0.1, -0.05) is 44.4 Å². The van der Waals surface area contributed by atoms with Crippen LogP contribution >= 0.6 is 0 Å². The third kappa shape index (κ3) is 6.75. The quantitative estimate of drug-likeness (QED) is 0.433. The number of aliphatic imine (C=N–C) groups is 1. The smallest absolute Gasteiger partial charge is 0.0557 e. The second kappa shape index (κ2) is 7.73. The van der Waals surface area contributed by atoms with Crippen molar-refractivity contribution in [2.45, 2.75) is 13.3 Å². The topological polar surface area (TPSA) is 12.4 Å². The summed E-state index contributed by atoms with van der Waals surface area (Å²) in [7, 11) is 0. The summed E-state index contributed by atoms with van der Waals surface area (Å²) in [5.41, 5.74) is 0.732. The molecule has 1 heteroatoms. The van der Waals surface area contributed by atoms with E-state index >= 15 is 0 Å². The molecule has 64 valence electrons. The van der Waals surface area contributed by atoms with E-state index in [1.165, 1.54) is 0 Å². The maximum absolute atomic E-state index is 3.98. The highest BCUT2D eigenvalue weighted by Crippen LogP contribution is 1.94. The van der Waals surface area contributed by atoms with Gasteiger partial charge in [0.15, 0.2) is 0 Å². The van der Waals surface area contributed by atoms with Gasteiger partial charge in [-0.05, 0) is 12.5 Å². The maximum Gasteiger partial charge on any atom is 0.0557 e. The molecule has 0 aliphatic carbocycles. The molecule has 0 unspecified atom stereocenters. The summed E-state index contributed by atoms with van der Waals surface area (Å²) in [6.07, 6.45) is 12.1. The summed E-state index contributed by atoms with van der Waals surface area (Å²) in [5.74, 6) is 0. The normalized spacial score (nSPS) is 11.8. The van der Waals surface area contributed by atoms with Gasteiger partial charge in [-0.25, -0.2) is 0 Å². The monoisotopic (exact) mass is 161 g/mol. The summed E-state index contributed by atoms with van der Waals surface area (Å²) in [6, 6.07) is 0. The molecule has 12 heavy (non-hydrogen) atoms. The van der Waals surface area contributed by atoms with Crippen molar-refractivity contribution < 1.29 is 0 Å². The predicted molar refractivity (Wildman–Crippen MR) is 56.4 cm³/mol. The number of rotatable bonds is 5. The minimum Gasteiger partial charge on any atom is -0.258 e. The SMILES string of the molecule is C=C/C=N\C(=C)/C=C\C=C/CC. The first-order valence-electron chi connectivity index (χ1n) is 3.98. The fraction of sp³-hybridized carbons (Fsp3) is 0.182. The van der Waals surface area contributed by atoms with E-state index in [0.29, 0.717) is 0 Å². The van der Waals surface area contributed by atoms with Gasteiger partial charge in [0.1, 0.15) is 0 Å². The van der Waals surface area contributed by atoms with Crippen LogP contribution in [0.2, 0.25) is 0 Å². The van der Waals surface area contributed by atoms with E-state index in [1.807, 2.05) is 18.2 Å². The minimum atomic E-state index is 0.732. The molecule has 0 radical (unpaired) electrons. The van der Waals surface area contributed by atoms with Crippen LogP contribution in [0.4, 0.5) is 0 Å². The molecule has 1 nitrogen and oxygen atoms in total. The molecule has 0 rings (SSSR count). The number of hydrogen-bond donors (Lipinski definition) is 0. The van der Waals surface area contributed by atoms with Crippen LogP contribution in [0.15, 0.2) is 54.2 Å². The molecule has 0 atom stereocenters. The average Bonchev–Trinajstić information content (AvgIpc) is 2.09. The van der Waals surface area contributed by atoms with E-state index in [-0.39, 0.29) is 0 Å².